The van der Waals surface area contributed by atoms with Crippen molar-refractivity contribution in [3.63, 3.8) is 0 Å². The van der Waals surface area contributed by atoms with Crippen molar-refractivity contribution in [2.24, 2.45) is 11.7 Å². The summed E-state index contributed by atoms with van der Waals surface area (Å²) < 4.78 is 0. The number of allylic oxidation sites excluding steroid dienone is 2. The maximum Gasteiger partial charge on any atom is -0.00773 e. The van der Waals surface area contributed by atoms with Crippen LogP contribution >= 0.6 is 0 Å². The molecule has 0 fully saturated rings. The van der Waals surface area contributed by atoms with Crippen LogP contribution in [0, 0.1) is 5.92 Å². The van der Waals surface area contributed by atoms with Crippen molar-refractivity contribution in [1.29, 1.82) is 0 Å². The molecule has 0 rings (SSSR count). The van der Waals surface area contributed by atoms with Crippen molar-refractivity contribution >= 4 is 0 Å². The molecule has 0 amide bonds. The Hall–Kier alpha value is -0.300. The van der Waals surface area contributed by atoms with Crippen LogP contribution in [0.25, 0.3) is 0 Å². The summed E-state index contributed by atoms with van der Waals surface area (Å²) in [5.74, 6) is 0.985. The monoisotopic (exact) mass is 323 g/mol. The lowest BCUT2D eigenvalue weighted by molar-refractivity contribution is 0.427. The SMILES string of the molecule is CCC(CC)CCCCCCC/C=C\CCCCCCCCN. The van der Waals surface area contributed by atoms with Crippen molar-refractivity contribution < 1.29 is 0 Å². The Kier molecular flexibility index (Phi) is 19.5. The molecule has 0 bridgehead atoms. The second kappa shape index (κ2) is 19.7. The zero-order valence-electron chi connectivity index (χ0n) is 16.3. The molecule has 0 heterocycles. The van der Waals surface area contributed by atoms with Gasteiger partial charge in [0, 0.05) is 0 Å². The Morgan fingerprint density at radius 1 is 0.609 bits per heavy atom. The Labute approximate surface area is 147 Å². The number of hydrogen-bond acceptors (Lipinski definition) is 1. The third kappa shape index (κ3) is 17.9. The molecular formula is C22H45N. The summed E-state index contributed by atoms with van der Waals surface area (Å²) in [7, 11) is 0. The zero-order chi connectivity index (χ0) is 17.0. The molecule has 0 saturated heterocycles. The van der Waals surface area contributed by atoms with Crippen LogP contribution in [-0.4, -0.2) is 6.54 Å². The van der Waals surface area contributed by atoms with Gasteiger partial charge in [0.25, 0.3) is 0 Å². The van der Waals surface area contributed by atoms with E-state index in [2.05, 4.69) is 26.0 Å². The topological polar surface area (TPSA) is 26.0 Å². The minimum Gasteiger partial charge on any atom is -0.330 e. The van der Waals surface area contributed by atoms with Gasteiger partial charge in [0.1, 0.15) is 0 Å². The first kappa shape index (κ1) is 22.7. The molecular weight excluding hydrogens is 278 g/mol. The molecule has 0 spiro atoms. The number of unbranched alkanes of at least 4 members (excludes halogenated alkanes) is 11. The average Bonchev–Trinajstić information content (AvgIpc) is 2.58. The summed E-state index contributed by atoms with van der Waals surface area (Å²) in [6, 6.07) is 0. The summed E-state index contributed by atoms with van der Waals surface area (Å²) in [5.41, 5.74) is 5.50. The van der Waals surface area contributed by atoms with Crippen molar-refractivity contribution in [2.45, 2.75) is 117 Å². The van der Waals surface area contributed by atoms with Crippen molar-refractivity contribution in [1.82, 2.24) is 0 Å². The minimum atomic E-state index is 0.862. The molecule has 1 nitrogen and oxygen atoms in total. The van der Waals surface area contributed by atoms with E-state index in [1.165, 1.54) is 103 Å². The molecule has 1 heteroatoms. The molecule has 0 aliphatic rings. The lowest BCUT2D eigenvalue weighted by Crippen LogP contribution is -1.97. The quantitative estimate of drug-likeness (QED) is 0.206. The number of hydrogen-bond donors (Lipinski definition) is 1. The van der Waals surface area contributed by atoms with Crippen LogP contribution in [0.1, 0.15) is 117 Å². The molecule has 0 aromatic heterocycles. The average molecular weight is 324 g/mol. The maximum absolute atomic E-state index is 5.50. The molecule has 0 aliphatic heterocycles. The summed E-state index contributed by atoms with van der Waals surface area (Å²) in [6.07, 6.45) is 26.8. The van der Waals surface area contributed by atoms with Gasteiger partial charge in [-0.1, -0.05) is 96.6 Å². The van der Waals surface area contributed by atoms with Gasteiger partial charge in [-0.3, -0.25) is 0 Å². The highest BCUT2D eigenvalue weighted by atomic mass is 14.5. The minimum absolute atomic E-state index is 0.862. The largest absolute Gasteiger partial charge is 0.330 e. The first-order valence-corrected chi connectivity index (χ1v) is 10.7. The summed E-state index contributed by atoms with van der Waals surface area (Å²) in [4.78, 5) is 0. The Morgan fingerprint density at radius 3 is 1.52 bits per heavy atom. The molecule has 0 aliphatic carbocycles. The van der Waals surface area contributed by atoms with E-state index in [0.29, 0.717) is 0 Å². The van der Waals surface area contributed by atoms with E-state index in [9.17, 15) is 0 Å². The van der Waals surface area contributed by atoms with Crippen LogP contribution in [0.3, 0.4) is 0 Å². The predicted molar refractivity (Wildman–Crippen MR) is 107 cm³/mol. The Morgan fingerprint density at radius 2 is 1.04 bits per heavy atom. The van der Waals surface area contributed by atoms with E-state index in [-0.39, 0.29) is 0 Å². The van der Waals surface area contributed by atoms with E-state index in [4.69, 9.17) is 5.73 Å². The molecule has 0 radical (unpaired) electrons. The molecule has 23 heavy (non-hydrogen) atoms. The fraction of sp³-hybridized carbons (Fsp3) is 0.909. The van der Waals surface area contributed by atoms with E-state index in [0.717, 1.165) is 12.5 Å². The van der Waals surface area contributed by atoms with Gasteiger partial charge in [0.2, 0.25) is 0 Å². The van der Waals surface area contributed by atoms with Crippen molar-refractivity contribution in [3.05, 3.63) is 12.2 Å². The van der Waals surface area contributed by atoms with Gasteiger partial charge >= 0.3 is 0 Å². The van der Waals surface area contributed by atoms with Crippen LogP contribution in [0.5, 0.6) is 0 Å². The third-order valence-corrected chi connectivity index (χ3v) is 5.13. The number of nitrogens with two attached hydrogens (primary N) is 1. The highest BCUT2D eigenvalue weighted by Crippen LogP contribution is 2.17. The van der Waals surface area contributed by atoms with Gasteiger partial charge in [0.15, 0.2) is 0 Å². The van der Waals surface area contributed by atoms with Crippen LogP contribution in [0.2, 0.25) is 0 Å². The second-order valence-corrected chi connectivity index (χ2v) is 7.20. The number of rotatable bonds is 18. The standard InChI is InChI=1S/C22H45N/c1-3-22(4-2)20-18-16-14-12-10-8-6-5-7-9-11-13-15-17-19-21-23/h5-6,22H,3-4,7-21,23H2,1-2H3/b6-5-. The second-order valence-electron chi connectivity index (χ2n) is 7.20. The fourth-order valence-electron chi connectivity index (χ4n) is 3.27. The van der Waals surface area contributed by atoms with Crippen molar-refractivity contribution in [2.75, 3.05) is 6.54 Å². The first-order chi connectivity index (χ1) is 11.3. The lowest BCUT2D eigenvalue weighted by atomic mass is 9.96. The fourth-order valence-corrected chi connectivity index (χ4v) is 3.27. The highest BCUT2D eigenvalue weighted by molar-refractivity contribution is 4.81. The van der Waals surface area contributed by atoms with Gasteiger partial charge in [-0.2, -0.15) is 0 Å². The van der Waals surface area contributed by atoms with Gasteiger partial charge in [0.05, 0.1) is 0 Å². The summed E-state index contributed by atoms with van der Waals surface area (Å²) >= 11 is 0. The summed E-state index contributed by atoms with van der Waals surface area (Å²) in [6.45, 7) is 5.53. The van der Waals surface area contributed by atoms with Gasteiger partial charge in [-0.05, 0) is 44.6 Å². The molecule has 0 saturated carbocycles. The normalized spacial score (nSPS) is 11.8. The van der Waals surface area contributed by atoms with E-state index in [1.807, 2.05) is 0 Å². The summed E-state index contributed by atoms with van der Waals surface area (Å²) in [5, 5.41) is 0. The van der Waals surface area contributed by atoms with Crippen LogP contribution < -0.4 is 5.73 Å². The van der Waals surface area contributed by atoms with Crippen LogP contribution in [0.15, 0.2) is 12.2 Å². The molecule has 0 unspecified atom stereocenters. The van der Waals surface area contributed by atoms with Crippen molar-refractivity contribution in [3.8, 4) is 0 Å². The third-order valence-electron chi connectivity index (χ3n) is 5.13. The smallest absolute Gasteiger partial charge is 0.00773 e. The Balaban J connectivity index is 3.14. The van der Waals surface area contributed by atoms with Crippen LogP contribution in [0.4, 0.5) is 0 Å². The molecule has 138 valence electrons. The molecule has 2 N–H and O–H groups in total. The van der Waals surface area contributed by atoms with E-state index < -0.39 is 0 Å². The molecule has 0 aromatic carbocycles. The predicted octanol–water partition coefficient (Wildman–Crippen LogP) is 7.40. The zero-order valence-corrected chi connectivity index (χ0v) is 16.3. The van der Waals surface area contributed by atoms with E-state index in [1.54, 1.807) is 0 Å². The highest BCUT2D eigenvalue weighted by Gasteiger charge is 2.01. The van der Waals surface area contributed by atoms with Gasteiger partial charge in [-0.25, -0.2) is 0 Å². The van der Waals surface area contributed by atoms with Crippen LogP contribution in [-0.2, 0) is 0 Å². The maximum atomic E-state index is 5.50. The van der Waals surface area contributed by atoms with Gasteiger partial charge < -0.3 is 5.73 Å². The lowest BCUT2D eigenvalue weighted by Gasteiger charge is -2.11. The Bertz CT molecular complexity index is 230. The first-order valence-electron chi connectivity index (χ1n) is 10.7. The van der Waals surface area contributed by atoms with E-state index >= 15 is 0 Å². The van der Waals surface area contributed by atoms with Gasteiger partial charge in [-0.15, -0.1) is 0 Å². The molecule has 0 atom stereocenters. The molecule has 0 aromatic rings.